The first-order valence-corrected chi connectivity index (χ1v) is 13.9. The zero-order valence-electron chi connectivity index (χ0n) is 22.4. The SMILES string of the molecule is Cc1cc2c3c(c1)N(c1ccccc1)c1ccccc1B3n1c3c(c4cccc-2c41)C(C)(C)c1ccccc1-3. The number of fused-ring (bicyclic) bond motifs is 9. The fourth-order valence-electron chi connectivity index (χ4n) is 7.91. The molecule has 0 radical (unpaired) electrons. The van der Waals surface area contributed by atoms with Crippen LogP contribution < -0.4 is 15.8 Å². The fourth-order valence-corrected chi connectivity index (χ4v) is 7.91. The van der Waals surface area contributed by atoms with E-state index in [0.29, 0.717) is 0 Å². The lowest BCUT2D eigenvalue weighted by Crippen LogP contribution is -2.56. The highest BCUT2D eigenvalue weighted by Crippen LogP contribution is 2.55. The Morgan fingerprint density at radius 2 is 1.41 bits per heavy atom. The Bertz CT molecular complexity index is 2010. The number of hydrogen-bond acceptors (Lipinski definition) is 1. The standard InChI is InChI=1S/C36H27BN2/c1-22-20-27-24-15-11-16-26-32-35(25-14-7-8-17-28(25)36(32,2)3)39(34(24)26)37-29-18-9-10-19-30(29)38(31(21-22)33(27)37)23-12-5-4-6-13-23/h4-21H,1-3H3. The number of hydrogen-bond donors (Lipinski definition) is 0. The molecule has 0 saturated heterocycles. The van der Waals surface area contributed by atoms with Gasteiger partial charge >= 0.3 is 6.85 Å². The number of anilines is 3. The van der Waals surface area contributed by atoms with Crippen molar-refractivity contribution in [1.29, 1.82) is 0 Å². The van der Waals surface area contributed by atoms with Crippen molar-refractivity contribution in [3.8, 4) is 22.4 Å². The Morgan fingerprint density at radius 3 is 2.28 bits per heavy atom. The maximum absolute atomic E-state index is 2.70. The fraction of sp³-hybridized carbons (Fsp3) is 0.111. The van der Waals surface area contributed by atoms with E-state index in [-0.39, 0.29) is 12.3 Å². The number of rotatable bonds is 1. The number of nitrogens with zero attached hydrogens (tertiary/aromatic N) is 2. The number of aryl methyl sites for hydroxylation is 1. The Kier molecular flexibility index (Phi) is 3.91. The van der Waals surface area contributed by atoms with E-state index in [1.165, 1.54) is 78.0 Å². The van der Waals surface area contributed by atoms with Crippen molar-refractivity contribution in [3.05, 3.63) is 126 Å². The highest BCUT2D eigenvalue weighted by molar-refractivity contribution is 6.89. The van der Waals surface area contributed by atoms with Crippen molar-refractivity contribution in [2.24, 2.45) is 0 Å². The lowest BCUT2D eigenvalue weighted by Gasteiger charge is -2.41. The molecule has 5 aromatic carbocycles. The second-order valence-corrected chi connectivity index (χ2v) is 11.8. The van der Waals surface area contributed by atoms with Crippen LogP contribution in [0.4, 0.5) is 17.1 Å². The third kappa shape index (κ3) is 2.49. The summed E-state index contributed by atoms with van der Waals surface area (Å²) in [5.74, 6) is 0. The van der Waals surface area contributed by atoms with Crippen LogP contribution in [0, 0.1) is 6.92 Å². The molecule has 0 fully saturated rings. The van der Waals surface area contributed by atoms with E-state index >= 15 is 0 Å². The van der Waals surface area contributed by atoms with Gasteiger partial charge in [0.1, 0.15) is 0 Å². The van der Waals surface area contributed by atoms with Gasteiger partial charge in [-0.25, -0.2) is 0 Å². The minimum Gasteiger partial charge on any atom is -0.375 e. The van der Waals surface area contributed by atoms with Gasteiger partial charge in [0.2, 0.25) is 0 Å². The van der Waals surface area contributed by atoms with Gasteiger partial charge in [0.05, 0.1) is 0 Å². The van der Waals surface area contributed by atoms with Crippen molar-refractivity contribution in [3.63, 3.8) is 0 Å². The average Bonchev–Trinajstić information content (AvgIpc) is 3.43. The number of para-hydroxylation sites is 3. The van der Waals surface area contributed by atoms with Gasteiger partial charge in [-0.05, 0) is 64.4 Å². The van der Waals surface area contributed by atoms with Gasteiger partial charge in [0.25, 0.3) is 0 Å². The summed E-state index contributed by atoms with van der Waals surface area (Å²) in [6, 6.07) is 40.7. The number of aromatic nitrogens is 1. The maximum atomic E-state index is 2.70. The van der Waals surface area contributed by atoms with Crippen LogP contribution in [0.3, 0.4) is 0 Å². The quantitative estimate of drug-likeness (QED) is 0.211. The summed E-state index contributed by atoms with van der Waals surface area (Å²) >= 11 is 0. The monoisotopic (exact) mass is 498 g/mol. The first kappa shape index (κ1) is 21.4. The second-order valence-electron chi connectivity index (χ2n) is 11.8. The molecule has 0 atom stereocenters. The molecule has 1 aliphatic carbocycles. The molecular formula is C36H27BN2. The molecule has 2 aliphatic heterocycles. The third-order valence-corrected chi connectivity index (χ3v) is 9.36. The predicted molar refractivity (Wildman–Crippen MR) is 165 cm³/mol. The highest BCUT2D eigenvalue weighted by Gasteiger charge is 2.47. The summed E-state index contributed by atoms with van der Waals surface area (Å²) in [5.41, 5.74) is 17.5. The molecule has 0 saturated carbocycles. The average molecular weight is 498 g/mol. The lowest BCUT2D eigenvalue weighted by molar-refractivity contribution is 0.666. The Balaban J connectivity index is 1.49. The number of benzene rings is 5. The summed E-state index contributed by atoms with van der Waals surface area (Å²) in [7, 11) is 0. The molecule has 9 rings (SSSR count). The predicted octanol–water partition coefficient (Wildman–Crippen LogP) is 7.67. The molecule has 3 heterocycles. The van der Waals surface area contributed by atoms with Crippen molar-refractivity contribution < 1.29 is 0 Å². The second kappa shape index (κ2) is 7.12. The summed E-state index contributed by atoms with van der Waals surface area (Å²) < 4.78 is 2.70. The van der Waals surface area contributed by atoms with E-state index in [4.69, 9.17) is 0 Å². The van der Waals surface area contributed by atoms with Crippen LogP contribution in [0.25, 0.3) is 33.3 Å². The van der Waals surface area contributed by atoms with E-state index < -0.39 is 0 Å². The van der Waals surface area contributed by atoms with E-state index in [9.17, 15) is 0 Å². The first-order valence-electron chi connectivity index (χ1n) is 13.9. The molecule has 2 nitrogen and oxygen atoms in total. The summed E-state index contributed by atoms with van der Waals surface area (Å²) in [6.07, 6.45) is 0. The highest BCUT2D eigenvalue weighted by atomic mass is 15.2. The van der Waals surface area contributed by atoms with Gasteiger partial charge in [-0.15, -0.1) is 0 Å². The largest absolute Gasteiger partial charge is 0.375 e. The van der Waals surface area contributed by atoms with Crippen molar-refractivity contribution in [2.45, 2.75) is 26.2 Å². The minimum absolute atomic E-state index is 0.0619. The van der Waals surface area contributed by atoms with Crippen LogP contribution in [-0.4, -0.2) is 11.3 Å². The van der Waals surface area contributed by atoms with E-state index in [2.05, 4.69) is 139 Å². The van der Waals surface area contributed by atoms with Crippen LogP contribution in [-0.2, 0) is 5.41 Å². The smallest absolute Gasteiger partial charge is 0.333 e. The molecule has 0 unspecified atom stereocenters. The summed E-state index contributed by atoms with van der Waals surface area (Å²) in [5, 5.41) is 1.39. The molecule has 0 spiro atoms. The maximum Gasteiger partial charge on any atom is 0.333 e. The zero-order chi connectivity index (χ0) is 26.0. The topological polar surface area (TPSA) is 8.17 Å². The molecule has 0 amide bonds. The third-order valence-electron chi connectivity index (χ3n) is 9.36. The molecular weight excluding hydrogens is 471 g/mol. The van der Waals surface area contributed by atoms with Gasteiger partial charge in [0, 0.05) is 50.2 Å². The first-order chi connectivity index (χ1) is 19.1. The van der Waals surface area contributed by atoms with Crippen molar-refractivity contribution in [1.82, 2.24) is 4.48 Å². The molecule has 0 N–H and O–H groups in total. The molecule has 3 heteroatoms. The molecule has 39 heavy (non-hydrogen) atoms. The van der Waals surface area contributed by atoms with Crippen molar-refractivity contribution >= 4 is 45.7 Å². The van der Waals surface area contributed by atoms with Crippen LogP contribution in [0.15, 0.2) is 109 Å². The summed E-state index contributed by atoms with van der Waals surface area (Å²) in [6.45, 7) is 7.15. The molecule has 1 aromatic heterocycles. The Hall–Kier alpha value is -4.50. The van der Waals surface area contributed by atoms with Gasteiger partial charge in [-0.2, -0.15) is 0 Å². The van der Waals surface area contributed by atoms with Gasteiger partial charge in [0.15, 0.2) is 0 Å². The van der Waals surface area contributed by atoms with Crippen LogP contribution >= 0.6 is 0 Å². The lowest BCUT2D eigenvalue weighted by atomic mass is 9.45. The van der Waals surface area contributed by atoms with E-state index in [1.54, 1.807) is 0 Å². The zero-order valence-corrected chi connectivity index (χ0v) is 22.4. The van der Waals surface area contributed by atoms with Gasteiger partial charge in [-0.3, -0.25) is 0 Å². The van der Waals surface area contributed by atoms with E-state index in [1.807, 2.05) is 0 Å². The normalized spacial score (nSPS) is 15.2. The van der Waals surface area contributed by atoms with Crippen molar-refractivity contribution in [2.75, 3.05) is 4.90 Å². The van der Waals surface area contributed by atoms with Gasteiger partial charge < -0.3 is 9.38 Å². The molecule has 6 aromatic rings. The summed E-state index contributed by atoms with van der Waals surface area (Å²) in [4.78, 5) is 2.48. The molecule has 0 bridgehead atoms. The van der Waals surface area contributed by atoms with E-state index in [0.717, 1.165) is 0 Å². The van der Waals surface area contributed by atoms with Crippen LogP contribution in [0.5, 0.6) is 0 Å². The Labute approximate surface area is 229 Å². The molecule has 184 valence electrons. The van der Waals surface area contributed by atoms with Gasteiger partial charge in [-0.1, -0.05) is 98.8 Å². The molecule has 3 aliphatic rings. The minimum atomic E-state index is -0.0619. The van der Waals surface area contributed by atoms with Crippen LogP contribution in [0.1, 0.15) is 30.5 Å². The van der Waals surface area contributed by atoms with Crippen LogP contribution in [0.2, 0.25) is 0 Å². The Morgan fingerprint density at radius 1 is 0.667 bits per heavy atom.